The maximum absolute atomic E-state index is 11.1. The zero-order valence-corrected chi connectivity index (χ0v) is 9.13. The molecule has 2 N–H and O–H groups in total. The molecule has 0 saturated carbocycles. The lowest BCUT2D eigenvalue weighted by molar-refractivity contribution is -0.142. The molecular weight excluding hydrogens is 192 g/mol. The number of aromatic nitrogens is 2. The second-order valence-corrected chi connectivity index (χ2v) is 4.65. The topological polar surface area (TPSA) is 66.0 Å². The molecule has 1 heterocycles. The van der Waals surface area contributed by atoms with Crippen molar-refractivity contribution in [2.75, 3.05) is 0 Å². The van der Waals surface area contributed by atoms with Gasteiger partial charge in [0.25, 0.3) is 0 Å². The lowest BCUT2D eigenvalue weighted by atomic mass is 9.93. The maximum atomic E-state index is 11.1. The Bertz CT molecular complexity index is 370. The van der Waals surface area contributed by atoms with Crippen LogP contribution < -0.4 is 0 Å². The molecular formula is C11H16N2O2. The van der Waals surface area contributed by atoms with E-state index < -0.39 is 11.4 Å². The molecule has 0 atom stereocenters. The van der Waals surface area contributed by atoms with Gasteiger partial charge in [-0.05, 0) is 39.5 Å². The zero-order valence-electron chi connectivity index (χ0n) is 9.13. The Balaban J connectivity index is 2.37. The van der Waals surface area contributed by atoms with Gasteiger partial charge in [-0.15, -0.1) is 0 Å². The van der Waals surface area contributed by atoms with Gasteiger partial charge in [0.2, 0.25) is 0 Å². The summed E-state index contributed by atoms with van der Waals surface area (Å²) in [5.74, 6) is -0.254. The molecule has 0 radical (unpaired) electrons. The van der Waals surface area contributed by atoms with Crippen LogP contribution in [0.2, 0.25) is 0 Å². The first kappa shape index (κ1) is 10.2. The minimum absolute atomic E-state index is 0.585. The third-order valence-electron chi connectivity index (χ3n) is 3.08. The fourth-order valence-electron chi connectivity index (χ4n) is 1.85. The van der Waals surface area contributed by atoms with Gasteiger partial charge >= 0.3 is 5.97 Å². The van der Waals surface area contributed by atoms with Gasteiger partial charge < -0.3 is 10.1 Å². The number of hydrogen-bond donors (Lipinski definition) is 2. The number of aromatic amines is 1. The van der Waals surface area contributed by atoms with Crippen molar-refractivity contribution in [2.45, 2.75) is 44.9 Å². The quantitative estimate of drug-likeness (QED) is 0.776. The Morgan fingerprint density at radius 1 is 1.40 bits per heavy atom. The van der Waals surface area contributed by atoms with Gasteiger partial charge in [-0.2, -0.15) is 0 Å². The molecule has 82 valence electrons. The third kappa shape index (κ3) is 1.64. The molecule has 1 aliphatic carbocycles. The molecule has 1 aromatic rings. The highest BCUT2D eigenvalue weighted by molar-refractivity contribution is 5.79. The second-order valence-electron chi connectivity index (χ2n) is 4.65. The van der Waals surface area contributed by atoms with E-state index in [-0.39, 0.29) is 0 Å². The van der Waals surface area contributed by atoms with Crippen LogP contribution in [0.3, 0.4) is 0 Å². The molecule has 2 rings (SSSR count). The van der Waals surface area contributed by atoms with E-state index in [9.17, 15) is 4.79 Å². The van der Waals surface area contributed by atoms with Crippen LogP contribution in [-0.2, 0) is 23.1 Å². The number of rotatable bonds is 2. The first-order valence-corrected chi connectivity index (χ1v) is 5.33. The van der Waals surface area contributed by atoms with Gasteiger partial charge in [0.15, 0.2) is 0 Å². The lowest BCUT2D eigenvalue weighted by Gasteiger charge is -2.15. The Kier molecular flexibility index (Phi) is 2.29. The highest BCUT2D eigenvalue weighted by atomic mass is 16.4. The highest BCUT2D eigenvalue weighted by Crippen LogP contribution is 2.25. The summed E-state index contributed by atoms with van der Waals surface area (Å²) in [5.41, 5.74) is 1.27. The summed E-state index contributed by atoms with van der Waals surface area (Å²) < 4.78 is 0. The van der Waals surface area contributed by atoms with Crippen molar-refractivity contribution < 1.29 is 9.90 Å². The largest absolute Gasteiger partial charge is 0.481 e. The summed E-state index contributed by atoms with van der Waals surface area (Å²) in [6, 6.07) is 0. The molecule has 0 amide bonds. The molecule has 0 aliphatic heterocycles. The predicted molar refractivity (Wildman–Crippen MR) is 55.9 cm³/mol. The van der Waals surface area contributed by atoms with Crippen molar-refractivity contribution in [3.63, 3.8) is 0 Å². The molecule has 0 fully saturated rings. The number of carbonyl (C=O) groups is 1. The van der Waals surface area contributed by atoms with Gasteiger partial charge in [-0.25, -0.2) is 4.98 Å². The summed E-state index contributed by atoms with van der Waals surface area (Å²) in [4.78, 5) is 18.6. The number of fused-ring (bicyclic) bond motifs is 1. The number of imidazole rings is 1. The summed E-state index contributed by atoms with van der Waals surface area (Å²) in [5, 5.41) is 9.10. The van der Waals surface area contributed by atoms with Crippen molar-refractivity contribution in [2.24, 2.45) is 0 Å². The van der Waals surface area contributed by atoms with E-state index in [2.05, 4.69) is 9.97 Å². The minimum atomic E-state index is -0.919. The number of carboxylic acids is 1. The van der Waals surface area contributed by atoms with E-state index in [0.29, 0.717) is 5.82 Å². The first-order valence-electron chi connectivity index (χ1n) is 5.33. The Morgan fingerprint density at radius 2 is 2.07 bits per heavy atom. The van der Waals surface area contributed by atoms with Crippen molar-refractivity contribution >= 4 is 5.97 Å². The Morgan fingerprint density at radius 3 is 2.67 bits per heavy atom. The maximum Gasteiger partial charge on any atom is 0.316 e. The van der Waals surface area contributed by atoms with Gasteiger partial charge in [-0.1, -0.05) is 0 Å². The van der Waals surface area contributed by atoms with Crippen LogP contribution in [0.15, 0.2) is 0 Å². The number of aryl methyl sites for hydroxylation is 2. The highest BCUT2D eigenvalue weighted by Gasteiger charge is 2.33. The van der Waals surface area contributed by atoms with E-state index in [1.165, 1.54) is 6.42 Å². The molecule has 0 unspecified atom stereocenters. The van der Waals surface area contributed by atoms with Crippen LogP contribution in [0.1, 0.15) is 43.9 Å². The Labute approximate surface area is 88.7 Å². The zero-order chi connectivity index (χ0) is 11.1. The number of aliphatic carboxylic acids is 1. The molecule has 0 bridgehead atoms. The summed E-state index contributed by atoms with van der Waals surface area (Å²) in [6.07, 6.45) is 4.30. The molecule has 0 saturated heterocycles. The number of hydrogen-bond acceptors (Lipinski definition) is 2. The molecule has 1 aliphatic rings. The lowest BCUT2D eigenvalue weighted by Crippen LogP contribution is -2.29. The van der Waals surface area contributed by atoms with Crippen molar-refractivity contribution in [3.05, 3.63) is 17.2 Å². The summed E-state index contributed by atoms with van der Waals surface area (Å²) in [6.45, 7) is 3.36. The molecule has 4 heteroatoms. The standard InChI is InChI=1S/C11H16N2O2/c1-11(2,10(14)15)9-12-7-5-3-4-6-8(7)13-9/h3-6H2,1-2H3,(H,12,13)(H,14,15). The van der Waals surface area contributed by atoms with Crippen LogP contribution in [0.4, 0.5) is 0 Å². The molecule has 0 aromatic carbocycles. The first-order chi connectivity index (χ1) is 7.01. The van der Waals surface area contributed by atoms with Crippen molar-refractivity contribution in [1.82, 2.24) is 9.97 Å². The van der Waals surface area contributed by atoms with Crippen LogP contribution in [0.25, 0.3) is 0 Å². The smallest absolute Gasteiger partial charge is 0.316 e. The third-order valence-corrected chi connectivity index (χ3v) is 3.08. The Hall–Kier alpha value is -1.32. The van der Waals surface area contributed by atoms with Crippen LogP contribution >= 0.6 is 0 Å². The van der Waals surface area contributed by atoms with Crippen LogP contribution in [0, 0.1) is 0 Å². The average molecular weight is 208 g/mol. The van der Waals surface area contributed by atoms with E-state index in [0.717, 1.165) is 30.7 Å². The SMILES string of the molecule is CC(C)(C(=O)O)c1nc2c([nH]1)CCCC2. The van der Waals surface area contributed by atoms with E-state index >= 15 is 0 Å². The van der Waals surface area contributed by atoms with Gasteiger partial charge in [-0.3, -0.25) is 4.79 Å². The fourth-order valence-corrected chi connectivity index (χ4v) is 1.85. The fraction of sp³-hybridized carbons (Fsp3) is 0.636. The second kappa shape index (κ2) is 3.36. The van der Waals surface area contributed by atoms with Gasteiger partial charge in [0.1, 0.15) is 11.2 Å². The number of carboxylic acid groups (broad SMARTS) is 1. The molecule has 4 nitrogen and oxygen atoms in total. The predicted octanol–water partition coefficient (Wildman–Crippen LogP) is 1.65. The van der Waals surface area contributed by atoms with E-state index in [1.807, 2.05) is 0 Å². The number of nitrogens with zero attached hydrogens (tertiary/aromatic N) is 1. The normalized spacial score (nSPS) is 16.1. The monoisotopic (exact) mass is 208 g/mol. The summed E-state index contributed by atoms with van der Waals surface area (Å²) in [7, 11) is 0. The van der Waals surface area contributed by atoms with Crippen molar-refractivity contribution in [1.29, 1.82) is 0 Å². The molecule has 0 spiro atoms. The van der Waals surface area contributed by atoms with Crippen molar-refractivity contribution in [3.8, 4) is 0 Å². The van der Waals surface area contributed by atoms with E-state index in [4.69, 9.17) is 5.11 Å². The number of H-pyrrole nitrogens is 1. The number of nitrogens with one attached hydrogen (secondary N) is 1. The van der Waals surface area contributed by atoms with Gasteiger partial charge in [0.05, 0.1) is 5.69 Å². The minimum Gasteiger partial charge on any atom is -0.481 e. The van der Waals surface area contributed by atoms with Crippen LogP contribution in [0.5, 0.6) is 0 Å². The van der Waals surface area contributed by atoms with Gasteiger partial charge in [0, 0.05) is 5.69 Å². The summed E-state index contributed by atoms with van der Waals surface area (Å²) >= 11 is 0. The molecule has 1 aromatic heterocycles. The molecule has 15 heavy (non-hydrogen) atoms. The average Bonchev–Trinajstić information content (AvgIpc) is 2.61. The van der Waals surface area contributed by atoms with E-state index in [1.54, 1.807) is 13.8 Å². The van der Waals surface area contributed by atoms with Crippen LogP contribution in [-0.4, -0.2) is 21.0 Å².